The Bertz CT molecular complexity index is 1640. The summed E-state index contributed by atoms with van der Waals surface area (Å²) in [6, 6.07) is 7.05. The van der Waals surface area contributed by atoms with Gasteiger partial charge in [-0.2, -0.15) is 0 Å². The van der Waals surface area contributed by atoms with Crippen LogP contribution in [0.4, 0.5) is 5.82 Å². The normalized spacial score (nSPS) is 29.5. The Hall–Kier alpha value is -3.59. The van der Waals surface area contributed by atoms with E-state index in [2.05, 4.69) is 4.98 Å². The van der Waals surface area contributed by atoms with E-state index in [4.69, 9.17) is 24.4 Å². The number of ether oxygens (including phenoxy) is 3. The summed E-state index contributed by atoms with van der Waals surface area (Å²) in [5, 5.41) is 11.5. The Balaban J connectivity index is 1.21. The van der Waals surface area contributed by atoms with Gasteiger partial charge in [0.15, 0.2) is 11.0 Å². The summed E-state index contributed by atoms with van der Waals surface area (Å²) in [6.45, 7) is 5.48. The molecule has 3 fully saturated rings. The van der Waals surface area contributed by atoms with Crippen LogP contribution in [0.15, 0.2) is 39.7 Å². The van der Waals surface area contributed by atoms with Crippen molar-refractivity contribution in [2.45, 2.75) is 113 Å². The molecule has 7 rings (SSSR count). The predicted molar refractivity (Wildman–Crippen MR) is 156 cm³/mol. The Kier molecular flexibility index (Phi) is 6.14. The molecule has 1 aromatic carbocycles. The largest absolute Gasteiger partial charge is 0.507 e. The zero-order valence-corrected chi connectivity index (χ0v) is 24.4. The first-order chi connectivity index (χ1) is 20.0. The minimum absolute atomic E-state index is 0.106. The molecule has 9 heteroatoms. The van der Waals surface area contributed by atoms with Crippen molar-refractivity contribution in [3.8, 4) is 11.5 Å². The van der Waals surface area contributed by atoms with Crippen molar-refractivity contribution < 1.29 is 28.5 Å². The van der Waals surface area contributed by atoms with Gasteiger partial charge in [0.25, 0.3) is 0 Å². The van der Waals surface area contributed by atoms with Crippen LogP contribution in [-0.2, 0) is 19.7 Å². The molecule has 4 aliphatic rings. The van der Waals surface area contributed by atoms with E-state index in [0.717, 1.165) is 50.5 Å². The van der Waals surface area contributed by atoms with Crippen molar-refractivity contribution in [2.24, 2.45) is 0 Å². The van der Waals surface area contributed by atoms with Crippen LogP contribution in [0.1, 0.15) is 94.4 Å². The number of aromatic hydroxyl groups is 1. The molecule has 0 unspecified atom stereocenters. The minimum atomic E-state index is -0.997. The number of carbonyl (C=O) groups is 1. The molecule has 4 atom stereocenters. The molecule has 3 aliphatic heterocycles. The van der Waals surface area contributed by atoms with E-state index >= 15 is 0 Å². The lowest BCUT2D eigenvalue weighted by Crippen LogP contribution is -2.52. The van der Waals surface area contributed by atoms with Crippen LogP contribution in [0.5, 0.6) is 11.5 Å². The van der Waals surface area contributed by atoms with Crippen LogP contribution in [0.3, 0.4) is 0 Å². The fourth-order valence-electron chi connectivity index (χ4n) is 8.05. The Morgan fingerprint density at radius 3 is 2.60 bits per heavy atom. The Morgan fingerprint density at radius 1 is 1.07 bits per heavy atom. The number of aryl methyl sites for hydroxylation is 1. The first kappa shape index (κ1) is 27.3. The second-order valence-corrected chi connectivity index (χ2v) is 13.3. The summed E-state index contributed by atoms with van der Waals surface area (Å²) >= 11 is 0. The molecule has 2 saturated heterocycles. The second kappa shape index (κ2) is 9.46. The van der Waals surface area contributed by atoms with Gasteiger partial charge in [-0.3, -0.25) is 4.79 Å². The van der Waals surface area contributed by atoms with Crippen LogP contribution >= 0.6 is 0 Å². The van der Waals surface area contributed by atoms with Gasteiger partial charge in [-0.1, -0.05) is 19.3 Å². The summed E-state index contributed by atoms with van der Waals surface area (Å²) in [5.74, 6) is 0.514. The molecule has 0 bridgehead atoms. The number of benzene rings is 1. The van der Waals surface area contributed by atoms with Crippen LogP contribution < -0.4 is 15.9 Å². The number of carbonyl (C=O) groups excluding carboxylic acids is 1. The molecule has 3 aromatic rings. The quantitative estimate of drug-likeness (QED) is 0.304. The molecule has 9 nitrogen and oxygen atoms in total. The maximum Gasteiger partial charge on any atom is 0.341 e. The number of rotatable bonds is 3. The van der Waals surface area contributed by atoms with Crippen LogP contribution in [0, 0.1) is 6.92 Å². The number of esters is 1. The summed E-state index contributed by atoms with van der Waals surface area (Å²) in [6.07, 6.45) is 8.65. The predicted octanol–water partition coefficient (Wildman–Crippen LogP) is 5.56. The van der Waals surface area contributed by atoms with Crippen molar-refractivity contribution in [3.05, 3.63) is 57.6 Å². The second-order valence-electron chi connectivity index (χ2n) is 13.3. The number of phenols is 1. The zero-order chi connectivity index (χ0) is 29.4. The Morgan fingerprint density at radius 2 is 1.83 bits per heavy atom. The van der Waals surface area contributed by atoms with Crippen molar-refractivity contribution in [3.63, 3.8) is 0 Å². The van der Waals surface area contributed by atoms with E-state index < -0.39 is 17.3 Å². The summed E-state index contributed by atoms with van der Waals surface area (Å²) in [7, 11) is 0. The number of phenolic OH excluding ortho intramolecular Hbond substituents is 1. The molecule has 1 spiro atoms. The number of fused-ring (bicyclic) bond motifs is 4. The number of hydrogen-bond donors (Lipinski definition) is 2. The van der Waals surface area contributed by atoms with E-state index in [1.165, 1.54) is 6.07 Å². The van der Waals surface area contributed by atoms with Crippen LogP contribution in [0.25, 0.3) is 11.0 Å². The minimum Gasteiger partial charge on any atom is -0.507 e. The van der Waals surface area contributed by atoms with Crippen molar-refractivity contribution >= 4 is 22.8 Å². The molecule has 3 N–H and O–H groups in total. The van der Waals surface area contributed by atoms with E-state index in [9.17, 15) is 14.7 Å². The molecule has 0 amide bonds. The van der Waals surface area contributed by atoms with Gasteiger partial charge in [-0.15, -0.1) is 0 Å². The molecule has 5 heterocycles. The number of nitrogen functional groups attached to an aromatic ring is 1. The van der Waals surface area contributed by atoms with Crippen molar-refractivity contribution in [1.82, 2.24) is 4.98 Å². The lowest BCUT2D eigenvalue weighted by Gasteiger charge is -2.44. The lowest BCUT2D eigenvalue weighted by molar-refractivity contribution is -0.170. The highest BCUT2D eigenvalue weighted by molar-refractivity contribution is 5.88. The highest BCUT2D eigenvalue weighted by Crippen LogP contribution is 2.56. The van der Waals surface area contributed by atoms with Gasteiger partial charge in [-0.05, 0) is 82.4 Å². The lowest BCUT2D eigenvalue weighted by atomic mass is 9.73. The fraction of sp³-hybridized carbons (Fsp3) is 0.545. The molecular formula is C33H38N2O7. The average Bonchev–Trinajstić information content (AvgIpc) is 3.36. The standard InChI is InChI=1S/C33H38N2O7/c1-18-14-21(36)27-22(39-18)16-23-26(28(27)37)20-8-4-5-12-33(30(38)40-29(20)31(2,3)41-23)24(42-33)17-32(10-6-7-11-32)19-9-13-35-25(34)15-19/h9,13-16,20,24,29,37H,4-8,10-12,17H2,1-3H3,(H2,34,35)/t20-,24+,29+,33-/m0/s1. The monoisotopic (exact) mass is 574 g/mol. The van der Waals surface area contributed by atoms with Gasteiger partial charge in [0, 0.05) is 29.8 Å². The molecular weight excluding hydrogens is 536 g/mol. The molecule has 0 radical (unpaired) electrons. The zero-order valence-electron chi connectivity index (χ0n) is 24.4. The van der Waals surface area contributed by atoms with Gasteiger partial charge in [0.2, 0.25) is 0 Å². The number of anilines is 1. The van der Waals surface area contributed by atoms with Crippen LogP contribution in [-0.4, -0.2) is 39.5 Å². The van der Waals surface area contributed by atoms with E-state index in [-0.39, 0.29) is 45.6 Å². The highest BCUT2D eigenvalue weighted by atomic mass is 16.7. The smallest absolute Gasteiger partial charge is 0.341 e. The number of epoxide rings is 1. The molecule has 42 heavy (non-hydrogen) atoms. The van der Waals surface area contributed by atoms with Gasteiger partial charge in [0.1, 0.15) is 45.8 Å². The van der Waals surface area contributed by atoms with E-state index in [1.807, 2.05) is 26.0 Å². The SMILES string of the molecule is Cc1cc(=O)c2c(O)c3c(cc2o1)OC(C)(C)[C@@H]1OC(=O)[C@@]2(CCCC[C@@H]31)O[C@@H]2CC1(c2ccnc(N)c2)CCCC1. The summed E-state index contributed by atoms with van der Waals surface area (Å²) in [4.78, 5) is 31.1. The third-order valence-corrected chi connectivity index (χ3v) is 10.2. The maximum absolute atomic E-state index is 14.1. The first-order valence-corrected chi connectivity index (χ1v) is 15.1. The molecule has 1 aliphatic carbocycles. The highest BCUT2D eigenvalue weighted by Gasteiger charge is 2.66. The maximum atomic E-state index is 14.1. The first-order valence-electron chi connectivity index (χ1n) is 15.1. The molecule has 1 saturated carbocycles. The number of hydrogen-bond acceptors (Lipinski definition) is 9. The fourth-order valence-corrected chi connectivity index (χ4v) is 8.05. The van der Waals surface area contributed by atoms with E-state index in [1.54, 1.807) is 19.2 Å². The van der Waals surface area contributed by atoms with Gasteiger partial charge in [-0.25, -0.2) is 9.78 Å². The van der Waals surface area contributed by atoms with E-state index in [0.29, 0.717) is 35.7 Å². The van der Waals surface area contributed by atoms with Gasteiger partial charge >= 0.3 is 5.97 Å². The summed E-state index contributed by atoms with van der Waals surface area (Å²) in [5.41, 5.74) is 5.67. The molecule has 222 valence electrons. The van der Waals surface area contributed by atoms with Gasteiger partial charge in [0.05, 0.1) is 6.10 Å². The third kappa shape index (κ3) is 4.19. The Labute approximate surface area is 244 Å². The van der Waals surface area contributed by atoms with Crippen LogP contribution in [0.2, 0.25) is 0 Å². The molecule has 2 aromatic heterocycles. The summed E-state index contributed by atoms with van der Waals surface area (Å²) < 4.78 is 24.9. The van der Waals surface area contributed by atoms with Crippen molar-refractivity contribution in [2.75, 3.05) is 5.73 Å². The number of nitrogens with two attached hydrogens (primary N) is 1. The van der Waals surface area contributed by atoms with Crippen molar-refractivity contribution in [1.29, 1.82) is 0 Å². The van der Waals surface area contributed by atoms with Gasteiger partial charge < -0.3 is 29.5 Å². The topological polar surface area (TPSA) is 137 Å². The average molecular weight is 575 g/mol. The number of pyridine rings is 1. The third-order valence-electron chi connectivity index (χ3n) is 10.2. The number of nitrogens with zero attached hydrogens (tertiary/aromatic N) is 1. The number of aromatic nitrogens is 1.